The highest BCUT2D eigenvalue weighted by Gasteiger charge is 2.46. The Balaban J connectivity index is 1.28. The number of fused-ring (bicyclic) bond motifs is 7. The lowest BCUT2D eigenvalue weighted by Gasteiger charge is -2.35. The normalized spacial score (nSPS) is 15.7. The van der Waals surface area contributed by atoms with Gasteiger partial charge in [-0.05, 0) is 75.9 Å². The first-order chi connectivity index (χ1) is 23.7. The van der Waals surface area contributed by atoms with Crippen molar-refractivity contribution in [2.24, 2.45) is 0 Å². The van der Waals surface area contributed by atoms with Crippen molar-refractivity contribution in [3.63, 3.8) is 0 Å². The number of benzene rings is 6. The van der Waals surface area contributed by atoms with Gasteiger partial charge in [-0.25, -0.2) is 0 Å². The molecule has 0 radical (unpaired) electrons. The number of allylic oxidation sites excluding steroid dienone is 2. The van der Waals surface area contributed by atoms with Crippen molar-refractivity contribution in [2.75, 3.05) is 30.1 Å². The molecule has 0 bridgehead atoms. The van der Waals surface area contributed by atoms with Gasteiger partial charge in [-0.1, -0.05) is 115 Å². The highest BCUT2D eigenvalue weighted by Crippen LogP contribution is 2.57. The first-order valence-electron chi connectivity index (χ1n) is 16.8. The summed E-state index contributed by atoms with van der Waals surface area (Å²) in [4.78, 5) is 4.77. The van der Waals surface area contributed by atoms with Crippen LogP contribution in [0.2, 0.25) is 0 Å². The molecule has 10 rings (SSSR count). The molecule has 1 aliphatic carbocycles. The minimum atomic E-state index is -0.516. The van der Waals surface area contributed by atoms with E-state index in [4.69, 9.17) is 0 Å². The summed E-state index contributed by atoms with van der Waals surface area (Å²) in [6, 6.07) is 52.0. The van der Waals surface area contributed by atoms with Crippen LogP contribution in [0.3, 0.4) is 0 Å². The SMILES string of the molecule is CN1CN(c2cccc(C3(c4ccc5c6ccccc6n(C6=CC=CCN6)c5c4)c4ccccc4-c4ccccc43)c2)c2ccccc21. The van der Waals surface area contributed by atoms with Crippen molar-refractivity contribution in [3.8, 4) is 11.1 Å². The Bertz CT molecular complexity index is 2430. The van der Waals surface area contributed by atoms with Gasteiger partial charge in [-0.3, -0.25) is 4.57 Å². The van der Waals surface area contributed by atoms with E-state index in [1.807, 2.05) is 0 Å². The number of para-hydroxylation sites is 3. The number of hydrogen-bond donors (Lipinski definition) is 1. The number of nitrogens with one attached hydrogen (secondary N) is 1. The largest absolute Gasteiger partial charge is 0.368 e. The molecule has 3 aliphatic rings. The lowest BCUT2D eigenvalue weighted by atomic mass is 9.67. The second-order valence-corrected chi connectivity index (χ2v) is 13.1. The third-order valence-corrected chi connectivity index (χ3v) is 10.6. The predicted molar refractivity (Wildman–Crippen MR) is 200 cm³/mol. The Morgan fingerprint density at radius 1 is 0.604 bits per heavy atom. The second-order valence-electron chi connectivity index (χ2n) is 13.1. The van der Waals surface area contributed by atoms with E-state index in [-0.39, 0.29) is 0 Å². The van der Waals surface area contributed by atoms with Crippen molar-refractivity contribution in [2.45, 2.75) is 5.41 Å². The third kappa shape index (κ3) is 3.66. The third-order valence-electron chi connectivity index (χ3n) is 10.6. The topological polar surface area (TPSA) is 23.4 Å². The summed E-state index contributed by atoms with van der Waals surface area (Å²) in [6.45, 7) is 1.62. The van der Waals surface area contributed by atoms with Gasteiger partial charge < -0.3 is 15.1 Å². The molecule has 0 saturated carbocycles. The highest BCUT2D eigenvalue weighted by atomic mass is 15.4. The van der Waals surface area contributed by atoms with Gasteiger partial charge in [0, 0.05) is 30.1 Å². The molecule has 48 heavy (non-hydrogen) atoms. The monoisotopic (exact) mass is 618 g/mol. The second kappa shape index (κ2) is 10.2. The fourth-order valence-corrected chi connectivity index (χ4v) is 8.60. The van der Waals surface area contributed by atoms with E-state index >= 15 is 0 Å². The van der Waals surface area contributed by atoms with Gasteiger partial charge in [-0.15, -0.1) is 0 Å². The molecule has 4 heteroatoms. The predicted octanol–water partition coefficient (Wildman–Crippen LogP) is 9.66. The molecule has 0 fully saturated rings. The standard InChI is InChI=1S/C44H34N4/c1-46-29-47(41-22-9-8-21-40(41)46)32-14-12-13-30(27-32)44(37-18-5-2-15-33(37)34-16-3-6-19-38(34)44)31-24-25-36-35-17-4-7-20-39(35)48(42(36)28-31)43-23-10-11-26-45-43/h2-25,27-28,45H,26,29H2,1H3. The maximum absolute atomic E-state index is 3.65. The molecular weight excluding hydrogens is 585 g/mol. The fourth-order valence-electron chi connectivity index (χ4n) is 8.60. The van der Waals surface area contributed by atoms with Gasteiger partial charge in [0.25, 0.3) is 0 Å². The number of rotatable bonds is 4. The van der Waals surface area contributed by atoms with Crippen molar-refractivity contribution in [1.29, 1.82) is 0 Å². The maximum atomic E-state index is 3.65. The number of dihydropyridines is 1. The minimum Gasteiger partial charge on any atom is -0.368 e. The van der Waals surface area contributed by atoms with Crippen molar-refractivity contribution < 1.29 is 0 Å². The Morgan fingerprint density at radius 2 is 1.29 bits per heavy atom. The average Bonchev–Trinajstić information content (AvgIpc) is 3.78. The van der Waals surface area contributed by atoms with Crippen LogP contribution in [-0.2, 0) is 5.41 Å². The Kier molecular flexibility index (Phi) is 5.80. The van der Waals surface area contributed by atoms with Crippen LogP contribution >= 0.6 is 0 Å². The summed E-state index contributed by atoms with van der Waals surface area (Å²) >= 11 is 0. The van der Waals surface area contributed by atoms with Crippen LogP contribution < -0.4 is 15.1 Å². The lowest BCUT2D eigenvalue weighted by molar-refractivity contribution is 0.768. The zero-order valence-electron chi connectivity index (χ0n) is 26.8. The van der Waals surface area contributed by atoms with E-state index in [0.29, 0.717) is 0 Å². The molecule has 0 spiro atoms. The van der Waals surface area contributed by atoms with Crippen molar-refractivity contribution in [1.82, 2.24) is 9.88 Å². The van der Waals surface area contributed by atoms with Crippen LogP contribution in [0.1, 0.15) is 22.3 Å². The maximum Gasteiger partial charge on any atom is 0.111 e. The Labute approximate surface area is 280 Å². The molecule has 2 aliphatic heterocycles. The highest BCUT2D eigenvalue weighted by molar-refractivity contribution is 6.10. The molecule has 0 saturated heterocycles. The van der Waals surface area contributed by atoms with Gasteiger partial charge in [0.2, 0.25) is 0 Å². The van der Waals surface area contributed by atoms with E-state index in [1.54, 1.807) is 0 Å². The van der Waals surface area contributed by atoms with Crippen LogP contribution in [0, 0.1) is 0 Å². The molecule has 4 nitrogen and oxygen atoms in total. The van der Waals surface area contributed by atoms with Crippen LogP contribution in [-0.4, -0.2) is 24.8 Å². The quantitative estimate of drug-likeness (QED) is 0.212. The van der Waals surface area contributed by atoms with E-state index in [0.717, 1.165) is 19.0 Å². The Hall–Kier alpha value is -6.00. The summed E-state index contributed by atoms with van der Waals surface area (Å²) in [5.41, 5.74) is 13.4. The van der Waals surface area contributed by atoms with Gasteiger partial charge in [0.05, 0.1) is 34.5 Å². The summed E-state index contributed by atoms with van der Waals surface area (Å²) in [6.07, 6.45) is 6.50. The molecule has 230 valence electrons. The molecule has 0 atom stereocenters. The first kappa shape index (κ1) is 27.1. The van der Waals surface area contributed by atoms with E-state index < -0.39 is 5.41 Å². The molecule has 1 N–H and O–H groups in total. The molecule has 7 aromatic rings. The van der Waals surface area contributed by atoms with Gasteiger partial charge >= 0.3 is 0 Å². The number of hydrogen-bond acceptors (Lipinski definition) is 3. The van der Waals surface area contributed by atoms with E-state index in [9.17, 15) is 0 Å². The zero-order chi connectivity index (χ0) is 31.8. The Morgan fingerprint density at radius 3 is 2.08 bits per heavy atom. The molecule has 6 aromatic carbocycles. The molecule has 1 aromatic heterocycles. The van der Waals surface area contributed by atoms with Crippen LogP contribution in [0.15, 0.2) is 158 Å². The lowest BCUT2D eigenvalue weighted by Crippen LogP contribution is -2.29. The summed E-state index contributed by atoms with van der Waals surface area (Å²) in [5, 5.41) is 6.16. The van der Waals surface area contributed by atoms with Crippen LogP contribution in [0.5, 0.6) is 0 Å². The van der Waals surface area contributed by atoms with Crippen molar-refractivity contribution in [3.05, 3.63) is 180 Å². The molecule has 0 amide bonds. The average molecular weight is 619 g/mol. The molecule has 3 heterocycles. The zero-order valence-corrected chi connectivity index (χ0v) is 26.8. The minimum absolute atomic E-state index is 0.516. The van der Waals surface area contributed by atoms with Crippen molar-refractivity contribution >= 4 is 44.7 Å². The summed E-state index contributed by atoms with van der Waals surface area (Å²) in [7, 11) is 2.17. The number of nitrogens with zero attached hydrogens (tertiary/aromatic N) is 3. The van der Waals surface area contributed by atoms with E-state index in [2.05, 4.69) is 184 Å². The van der Waals surface area contributed by atoms with Gasteiger partial charge in [0.15, 0.2) is 0 Å². The van der Waals surface area contributed by atoms with Gasteiger partial charge in [0.1, 0.15) is 5.82 Å². The van der Waals surface area contributed by atoms with Crippen LogP contribution in [0.25, 0.3) is 38.8 Å². The fraction of sp³-hybridized carbons (Fsp3) is 0.0909. The first-order valence-corrected chi connectivity index (χ1v) is 16.8. The van der Waals surface area contributed by atoms with Gasteiger partial charge in [-0.2, -0.15) is 0 Å². The van der Waals surface area contributed by atoms with Crippen LogP contribution in [0.4, 0.5) is 17.1 Å². The molecule has 0 unspecified atom stereocenters. The smallest absolute Gasteiger partial charge is 0.111 e. The molecular formula is C44H34N4. The summed E-state index contributed by atoms with van der Waals surface area (Å²) in [5.74, 6) is 1.10. The summed E-state index contributed by atoms with van der Waals surface area (Å²) < 4.78 is 2.41. The number of aromatic nitrogens is 1. The number of anilines is 3. The van der Waals surface area contributed by atoms with E-state index in [1.165, 1.54) is 72.2 Å².